The van der Waals surface area contributed by atoms with Crippen molar-refractivity contribution in [3.63, 3.8) is 0 Å². The highest BCUT2D eigenvalue weighted by molar-refractivity contribution is 7.89. The van der Waals surface area contributed by atoms with Gasteiger partial charge in [-0.05, 0) is 48.0 Å². The van der Waals surface area contributed by atoms with E-state index in [9.17, 15) is 13.2 Å². The predicted molar refractivity (Wildman–Crippen MR) is 93.7 cm³/mol. The fraction of sp³-hybridized carbons (Fsp3) is 0.167. The summed E-state index contributed by atoms with van der Waals surface area (Å²) >= 11 is 0. The molecule has 0 saturated carbocycles. The largest absolute Gasteiger partial charge is 0.497 e. The van der Waals surface area contributed by atoms with Crippen molar-refractivity contribution in [2.45, 2.75) is 4.90 Å². The minimum atomic E-state index is -3.49. The lowest BCUT2D eigenvalue weighted by Gasteiger charge is -2.11. The number of methoxy groups -OCH3 is 1. The summed E-state index contributed by atoms with van der Waals surface area (Å²) in [6.45, 7) is 0. The number of sulfonamides is 1. The van der Waals surface area contributed by atoms with Crippen molar-refractivity contribution in [1.29, 1.82) is 0 Å². The highest BCUT2D eigenvalue weighted by atomic mass is 32.2. The smallest absolute Gasteiger partial charge is 0.242 e. The van der Waals surface area contributed by atoms with E-state index in [0.717, 1.165) is 15.6 Å². The van der Waals surface area contributed by atoms with E-state index in [1.807, 2.05) is 24.3 Å². The molecule has 0 N–H and O–H groups in total. The Bertz CT molecular complexity index is 836. The quantitative estimate of drug-likeness (QED) is 0.596. The molecule has 2 aromatic rings. The van der Waals surface area contributed by atoms with Crippen molar-refractivity contribution < 1.29 is 17.9 Å². The molecule has 24 heavy (non-hydrogen) atoms. The fourth-order valence-electron chi connectivity index (χ4n) is 1.99. The normalized spacial score (nSPS) is 11.8. The molecule has 0 aliphatic rings. The van der Waals surface area contributed by atoms with Crippen LogP contribution in [0.1, 0.15) is 15.9 Å². The molecule has 0 radical (unpaired) electrons. The average Bonchev–Trinajstić information content (AvgIpc) is 2.60. The Kier molecular flexibility index (Phi) is 5.54. The summed E-state index contributed by atoms with van der Waals surface area (Å²) in [5, 5.41) is 0. The first-order valence-corrected chi connectivity index (χ1v) is 8.67. The van der Waals surface area contributed by atoms with E-state index in [1.54, 1.807) is 13.2 Å². The van der Waals surface area contributed by atoms with Crippen molar-refractivity contribution in [1.82, 2.24) is 4.31 Å². The number of hydrogen-bond acceptors (Lipinski definition) is 4. The molecule has 0 aromatic heterocycles. The summed E-state index contributed by atoms with van der Waals surface area (Å²) in [5.74, 6) is 0.552. The summed E-state index contributed by atoms with van der Waals surface area (Å²) in [4.78, 5) is 12.3. The van der Waals surface area contributed by atoms with Gasteiger partial charge >= 0.3 is 0 Å². The minimum Gasteiger partial charge on any atom is -0.497 e. The van der Waals surface area contributed by atoms with Gasteiger partial charge in [0.25, 0.3) is 0 Å². The summed E-state index contributed by atoms with van der Waals surface area (Å²) in [7, 11) is 1.03. The lowest BCUT2D eigenvalue weighted by atomic mass is 10.1. The molecule has 6 heteroatoms. The van der Waals surface area contributed by atoms with Crippen LogP contribution in [0.15, 0.2) is 59.5 Å². The van der Waals surface area contributed by atoms with Crippen LogP contribution >= 0.6 is 0 Å². The molecule has 0 fully saturated rings. The maximum atomic E-state index is 12.2. The lowest BCUT2D eigenvalue weighted by molar-refractivity contribution is 0.104. The molecule has 0 saturated heterocycles. The van der Waals surface area contributed by atoms with Crippen molar-refractivity contribution in [2.75, 3.05) is 21.2 Å². The van der Waals surface area contributed by atoms with Crippen molar-refractivity contribution in [3.05, 3.63) is 65.7 Å². The van der Waals surface area contributed by atoms with Gasteiger partial charge in [0.15, 0.2) is 5.78 Å². The molecule has 0 amide bonds. The number of hydrogen-bond donors (Lipinski definition) is 0. The summed E-state index contributed by atoms with van der Waals surface area (Å²) < 4.78 is 30.2. The predicted octanol–water partition coefficient (Wildman–Crippen LogP) is 2.84. The minimum absolute atomic E-state index is 0.156. The van der Waals surface area contributed by atoms with Crippen LogP contribution in [0.25, 0.3) is 6.08 Å². The van der Waals surface area contributed by atoms with Gasteiger partial charge in [0.1, 0.15) is 5.75 Å². The first kappa shape index (κ1) is 17.9. The maximum Gasteiger partial charge on any atom is 0.242 e. The first-order chi connectivity index (χ1) is 11.3. The Morgan fingerprint density at radius 3 is 2.08 bits per heavy atom. The zero-order chi connectivity index (χ0) is 17.7. The Morgan fingerprint density at radius 1 is 1.00 bits per heavy atom. The molecule has 0 bridgehead atoms. The van der Waals surface area contributed by atoms with Crippen LogP contribution in [-0.4, -0.2) is 39.7 Å². The van der Waals surface area contributed by atoms with E-state index in [0.29, 0.717) is 5.56 Å². The Hall–Kier alpha value is -2.44. The van der Waals surface area contributed by atoms with Gasteiger partial charge in [0.2, 0.25) is 10.0 Å². The topological polar surface area (TPSA) is 63.7 Å². The third-order valence-corrected chi connectivity index (χ3v) is 5.29. The molecule has 0 unspecified atom stereocenters. The second-order valence-corrected chi connectivity index (χ2v) is 7.43. The van der Waals surface area contributed by atoms with Gasteiger partial charge in [0, 0.05) is 19.7 Å². The fourth-order valence-corrected chi connectivity index (χ4v) is 2.89. The molecule has 2 rings (SSSR count). The van der Waals surface area contributed by atoms with Crippen LogP contribution in [0.5, 0.6) is 5.75 Å². The first-order valence-electron chi connectivity index (χ1n) is 7.23. The molecule has 0 atom stereocenters. The van der Waals surface area contributed by atoms with Gasteiger partial charge in [-0.2, -0.15) is 0 Å². The van der Waals surface area contributed by atoms with Crippen LogP contribution in [-0.2, 0) is 10.0 Å². The molecule has 0 spiro atoms. The number of rotatable bonds is 6. The van der Waals surface area contributed by atoms with Gasteiger partial charge in [-0.3, -0.25) is 4.79 Å². The number of allylic oxidation sites excluding steroid dienone is 1. The highest BCUT2D eigenvalue weighted by Crippen LogP contribution is 2.16. The molecular formula is C18H19NO4S. The van der Waals surface area contributed by atoms with Crippen LogP contribution in [0.2, 0.25) is 0 Å². The second kappa shape index (κ2) is 7.42. The molecular weight excluding hydrogens is 326 g/mol. The summed E-state index contributed by atoms with van der Waals surface area (Å²) in [6.07, 6.45) is 3.16. The number of carbonyl (C=O) groups is 1. The van der Waals surface area contributed by atoms with E-state index in [-0.39, 0.29) is 10.7 Å². The molecule has 2 aromatic carbocycles. The SMILES string of the molecule is COc1ccc(/C=C/C(=O)c2ccc(S(=O)(=O)N(C)C)cc2)cc1. The van der Waals surface area contributed by atoms with E-state index in [4.69, 9.17) is 4.74 Å². The van der Waals surface area contributed by atoms with E-state index < -0.39 is 10.0 Å². The van der Waals surface area contributed by atoms with Crippen LogP contribution in [0, 0.1) is 0 Å². The van der Waals surface area contributed by atoms with Crippen LogP contribution in [0.3, 0.4) is 0 Å². The second-order valence-electron chi connectivity index (χ2n) is 5.28. The number of ether oxygens (including phenoxy) is 1. The van der Waals surface area contributed by atoms with Gasteiger partial charge in [0.05, 0.1) is 12.0 Å². The highest BCUT2D eigenvalue weighted by Gasteiger charge is 2.17. The molecule has 5 nitrogen and oxygen atoms in total. The Labute approximate surface area is 142 Å². The van der Waals surface area contributed by atoms with Crippen molar-refractivity contribution in [3.8, 4) is 5.75 Å². The maximum absolute atomic E-state index is 12.2. The monoisotopic (exact) mass is 345 g/mol. The van der Waals surface area contributed by atoms with E-state index >= 15 is 0 Å². The summed E-state index contributed by atoms with van der Waals surface area (Å²) in [6, 6.07) is 13.2. The van der Waals surface area contributed by atoms with Gasteiger partial charge in [-0.25, -0.2) is 12.7 Å². The molecule has 0 aliphatic carbocycles. The number of carbonyl (C=O) groups excluding carboxylic acids is 1. The number of ketones is 1. The Morgan fingerprint density at radius 2 is 1.58 bits per heavy atom. The van der Waals surface area contributed by atoms with Gasteiger partial charge < -0.3 is 4.74 Å². The van der Waals surface area contributed by atoms with Crippen LogP contribution in [0.4, 0.5) is 0 Å². The lowest BCUT2D eigenvalue weighted by Crippen LogP contribution is -2.22. The molecule has 0 aliphatic heterocycles. The zero-order valence-electron chi connectivity index (χ0n) is 13.8. The zero-order valence-corrected chi connectivity index (χ0v) is 14.6. The third kappa shape index (κ3) is 4.10. The van der Waals surface area contributed by atoms with Gasteiger partial charge in [-0.1, -0.05) is 18.2 Å². The van der Waals surface area contributed by atoms with Crippen molar-refractivity contribution in [2.24, 2.45) is 0 Å². The third-order valence-electron chi connectivity index (χ3n) is 3.46. The Balaban J connectivity index is 2.14. The van der Waals surface area contributed by atoms with Crippen LogP contribution < -0.4 is 4.74 Å². The average molecular weight is 345 g/mol. The standard InChI is InChI=1S/C18H19NO4S/c1-19(2)24(21,22)17-11-7-15(8-12-17)18(20)13-6-14-4-9-16(23-3)10-5-14/h4-13H,1-3H3/b13-6+. The van der Waals surface area contributed by atoms with Crippen molar-refractivity contribution >= 4 is 21.9 Å². The molecule has 126 valence electrons. The van der Waals surface area contributed by atoms with E-state index in [1.165, 1.54) is 44.4 Å². The summed E-state index contributed by atoms with van der Waals surface area (Å²) in [5.41, 5.74) is 1.30. The number of nitrogens with zero attached hydrogens (tertiary/aromatic N) is 1. The molecule has 0 heterocycles. The van der Waals surface area contributed by atoms with Gasteiger partial charge in [-0.15, -0.1) is 0 Å². The van der Waals surface area contributed by atoms with E-state index in [2.05, 4.69) is 0 Å². The number of benzene rings is 2.